The van der Waals surface area contributed by atoms with Crippen LogP contribution >= 0.6 is 0 Å². The number of rotatable bonds is 6. The first kappa shape index (κ1) is 21.2. The molecule has 1 atom stereocenters. The molecule has 0 amide bonds. The van der Waals surface area contributed by atoms with E-state index in [1.165, 1.54) is 5.57 Å². The van der Waals surface area contributed by atoms with Crippen molar-refractivity contribution in [3.63, 3.8) is 0 Å². The van der Waals surface area contributed by atoms with E-state index >= 15 is 0 Å². The highest BCUT2D eigenvalue weighted by Crippen LogP contribution is 2.33. The Hall–Kier alpha value is -3.08. The van der Waals surface area contributed by atoms with Gasteiger partial charge in [0, 0.05) is 11.7 Å². The first-order valence-corrected chi connectivity index (χ1v) is 10.7. The summed E-state index contributed by atoms with van der Waals surface area (Å²) in [5.74, 6) is 0.287. The highest BCUT2D eigenvalue weighted by atomic mass is 16.5. The molecule has 0 aromatic heterocycles. The molecular formula is C27H27BO3. The zero-order chi connectivity index (χ0) is 21.8. The lowest BCUT2D eigenvalue weighted by molar-refractivity contribution is 0.184. The monoisotopic (exact) mass is 410 g/mol. The lowest BCUT2D eigenvalue weighted by Crippen LogP contribution is -2.31. The van der Waals surface area contributed by atoms with E-state index in [0.717, 1.165) is 45.9 Å². The lowest BCUT2D eigenvalue weighted by atomic mass is 9.78. The van der Waals surface area contributed by atoms with Crippen LogP contribution in [0.3, 0.4) is 0 Å². The molecule has 0 bridgehead atoms. The maximum absolute atomic E-state index is 10.3. The molecule has 3 aromatic carbocycles. The van der Waals surface area contributed by atoms with Crippen LogP contribution in [0, 0.1) is 0 Å². The minimum Gasteiger partial charge on any atom is -0.507 e. The van der Waals surface area contributed by atoms with Gasteiger partial charge in [-0.05, 0) is 53.5 Å². The Morgan fingerprint density at radius 3 is 2.52 bits per heavy atom. The number of phenols is 1. The van der Waals surface area contributed by atoms with E-state index in [1.807, 2.05) is 61.5 Å². The summed E-state index contributed by atoms with van der Waals surface area (Å²) in [5.41, 5.74) is 5.45. The number of benzene rings is 3. The quantitative estimate of drug-likeness (QED) is 0.373. The van der Waals surface area contributed by atoms with Gasteiger partial charge in [-0.1, -0.05) is 85.0 Å². The van der Waals surface area contributed by atoms with E-state index in [1.54, 1.807) is 6.07 Å². The van der Waals surface area contributed by atoms with Crippen molar-refractivity contribution >= 4 is 29.5 Å². The average Bonchev–Trinajstić information content (AvgIpc) is 2.78. The van der Waals surface area contributed by atoms with Crippen molar-refractivity contribution in [3.8, 4) is 5.75 Å². The van der Waals surface area contributed by atoms with Gasteiger partial charge in [0.2, 0.25) is 0 Å². The molecule has 3 nitrogen and oxygen atoms in total. The van der Waals surface area contributed by atoms with Gasteiger partial charge in [0.05, 0.1) is 6.10 Å². The van der Waals surface area contributed by atoms with Crippen molar-refractivity contribution in [2.75, 3.05) is 0 Å². The fraction of sp³-hybridized carbons (Fsp3) is 0.185. The standard InChI is InChI=1S/C27H27BO3/c1-19(2)23-16-17-28(30)31-27(23)15-13-21(20-8-4-3-5-9-20)18-22-12-14-26(29)25-11-7-6-10-24(22)25/h3-12,14,16,18,27,29-30H,1,13,15,17H2,2H3/b21-18-. The second kappa shape index (κ2) is 9.38. The molecule has 0 fully saturated rings. The topological polar surface area (TPSA) is 49.7 Å². The molecule has 0 saturated heterocycles. The van der Waals surface area contributed by atoms with E-state index in [0.29, 0.717) is 6.32 Å². The van der Waals surface area contributed by atoms with Gasteiger partial charge < -0.3 is 14.8 Å². The van der Waals surface area contributed by atoms with Gasteiger partial charge in [0.1, 0.15) is 5.75 Å². The second-order valence-electron chi connectivity index (χ2n) is 8.05. The Morgan fingerprint density at radius 2 is 1.77 bits per heavy atom. The summed E-state index contributed by atoms with van der Waals surface area (Å²) in [6.45, 7) is 6.06. The molecule has 2 N–H and O–H groups in total. The molecule has 31 heavy (non-hydrogen) atoms. The van der Waals surface area contributed by atoms with Crippen LogP contribution in [0.25, 0.3) is 22.4 Å². The van der Waals surface area contributed by atoms with Crippen molar-refractivity contribution in [1.82, 2.24) is 0 Å². The summed E-state index contributed by atoms with van der Waals surface area (Å²) in [6, 6.07) is 21.9. The maximum atomic E-state index is 10.3. The summed E-state index contributed by atoms with van der Waals surface area (Å²) in [6.07, 6.45) is 6.08. The summed E-state index contributed by atoms with van der Waals surface area (Å²) in [4.78, 5) is 0. The van der Waals surface area contributed by atoms with E-state index in [9.17, 15) is 10.1 Å². The van der Waals surface area contributed by atoms with E-state index in [2.05, 4.69) is 24.8 Å². The van der Waals surface area contributed by atoms with E-state index in [4.69, 9.17) is 4.65 Å². The molecule has 156 valence electrons. The van der Waals surface area contributed by atoms with Gasteiger partial charge in [-0.2, -0.15) is 0 Å². The normalized spacial score (nSPS) is 17.0. The lowest BCUT2D eigenvalue weighted by Gasteiger charge is -2.27. The van der Waals surface area contributed by atoms with Gasteiger partial charge in [0.15, 0.2) is 0 Å². The van der Waals surface area contributed by atoms with Crippen LogP contribution in [0.2, 0.25) is 6.32 Å². The molecule has 0 spiro atoms. The first-order chi connectivity index (χ1) is 15.0. The second-order valence-corrected chi connectivity index (χ2v) is 8.05. The molecule has 1 aliphatic heterocycles. The van der Waals surface area contributed by atoms with Crippen LogP contribution in [0.5, 0.6) is 5.75 Å². The summed E-state index contributed by atoms with van der Waals surface area (Å²) >= 11 is 0. The zero-order valence-corrected chi connectivity index (χ0v) is 17.8. The van der Waals surface area contributed by atoms with Crippen LogP contribution in [0.4, 0.5) is 0 Å². The van der Waals surface area contributed by atoms with Crippen molar-refractivity contribution in [1.29, 1.82) is 0 Å². The molecule has 4 rings (SSSR count). The van der Waals surface area contributed by atoms with Crippen LogP contribution < -0.4 is 0 Å². The van der Waals surface area contributed by atoms with Gasteiger partial charge in [-0.25, -0.2) is 0 Å². The van der Waals surface area contributed by atoms with Crippen LogP contribution in [-0.4, -0.2) is 23.4 Å². The minimum atomic E-state index is -0.765. The number of aromatic hydroxyl groups is 1. The molecule has 1 aliphatic rings. The molecule has 1 heterocycles. The molecule has 1 unspecified atom stereocenters. The summed E-state index contributed by atoms with van der Waals surface area (Å²) in [7, 11) is -0.765. The minimum absolute atomic E-state index is 0.176. The molecule has 3 aromatic rings. The zero-order valence-electron chi connectivity index (χ0n) is 17.8. The Labute approximate surface area is 184 Å². The third-order valence-electron chi connectivity index (χ3n) is 5.79. The Kier molecular flexibility index (Phi) is 6.40. The number of fused-ring (bicyclic) bond motifs is 1. The predicted molar refractivity (Wildman–Crippen MR) is 130 cm³/mol. The van der Waals surface area contributed by atoms with Gasteiger partial charge in [0.25, 0.3) is 0 Å². The summed E-state index contributed by atoms with van der Waals surface area (Å²) < 4.78 is 5.85. The van der Waals surface area contributed by atoms with Crippen LogP contribution in [0.1, 0.15) is 30.9 Å². The van der Waals surface area contributed by atoms with Crippen LogP contribution in [-0.2, 0) is 4.65 Å². The molecular weight excluding hydrogens is 383 g/mol. The van der Waals surface area contributed by atoms with E-state index in [-0.39, 0.29) is 11.9 Å². The third-order valence-corrected chi connectivity index (χ3v) is 5.79. The maximum Gasteiger partial charge on any atom is 0.458 e. The first-order valence-electron chi connectivity index (χ1n) is 10.7. The molecule has 0 aliphatic carbocycles. The Bertz CT molecular complexity index is 1150. The highest BCUT2D eigenvalue weighted by Gasteiger charge is 2.27. The number of hydrogen-bond donors (Lipinski definition) is 2. The van der Waals surface area contributed by atoms with Gasteiger partial charge in [-0.3, -0.25) is 0 Å². The molecule has 4 heteroatoms. The van der Waals surface area contributed by atoms with Crippen molar-refractivity contribution in [2.24, 2.45) is 0 Å². The average molecular weight is 410 g/mol. The van der Waals surface area contributed by atoms with Crippen LogP contribution in [0.15, 0.2) is 90.5 Å². The number of hydrogen-bond acceptors (Lipinski definition) is 3. The van der Waals surface area contributed by atoms with Crippen molar-refractivity contribution in [2.45, 2.75) is 32.2 Å². The van der Waals surface area contributed by atoms with Gasteiger partial charge in [-0.15, -0.1) is 0 Å². The summed E-state index contributed by atoms with van der Waals surface area (Å²) in [5, 5.41) is 22.1. The third kappa shape index (κ3) is 4.82. The smallest absolute Gasteiger partial charge is 0.458 e. The fourth-order valence-electron chi connectivity index (χ4n) is 4.21. The Morgan fingerprint density at radius 1 is 1.06 bits per heavy atom. The SMILES string of the molecule is C=C(C)C1=CCB(O)OC1CC/C(=C/c1ccc(O)c2ccccc12)c1ccccc1. The number of allylic oxidation sites excluding steroid dienone is 2. The Balaban J connectivity index is 1.70. The van der Waals surface area contributed by atoms with Crippen molar-refractivity contribution in [3.05, 3.63) is 102 Å². The highest BCUT2D eigenvalue weighted by molar-refractivity contribution is 6.43. The number of phenolic OH excluding ortho intramolecular Hbond substituents is 1. The van der Waals surface area contributed by atoms with Gasteiger partial charge >= 0.3 is 7.12 Å². The van der Waals surface area contributed by atoms with Crippen molar-refractivity contribution < 1.29 is 14.8 Å². The molecule has 0 radical (unpaired) electrons. The largest absolute Gasteiger partial charge is 0.507 e. The van der Waals surface area contributed by atoms with E-state index < -0.39 is 7.12 Å². The molecule has 0 saturated carbocycles. The predicted octanol–water partition coefficient (Wildman–Crippen LogP) is 6.25. The fourth-order valence-corrected chi connectivity index (χ4v) is 4.21.